The van der Waals surface area contributed by atoms with Crippen molar-refractivity contribution in [3.05, 3.63) is 94.7 Å². The Morgan fingerprint density at radius 1 is 0.765 bits per heavy atom. The predicted octanol–water partition coefficient (Wildman–Crippen LogP) is 7.82. The lowest BCUT2D eigenvalue weighted by Crippen LogP contribution is -2.44. The standard InChI is InChI=1S/C32H35N2/c1-21-13-8-11-20-28(21)33-24(4)30-26-18-9-10-19-27(26)31(25-16-6-5-7-17-25)34(30)32(33)29-22(2)14-12-15-23(29)3/h8-15,18-20,25,31H,5-7,16-17H2,1-4H3/q+1/i31D. The molecule has 2 heterocycles. The molecule has 2 aliphatic rings. The van der Waals surface area contributed by atoms with Crippen LogP contribution in [-0.2, 0) is 0 Å². The molecule has 3 aromatic carbocycles. The van der Waals surface area contributed by atoms with Gasteiger partial charge in [0.05, 0.1) is 6.93 Å². The van der Waals surface area contributed by atoms with Crippen LogP contribution in [0.25, 0.3) is 28.3 Å². The van der Waals surface area contributed by atoms with Crippen molar-refractivity contribution in [2.45, 2.75) is 65.8 Å². The normalized spacial score (nSPS) is 20.2. The zero-order valence-electron chi connectivity index (χ0n) is 21.9. The first-order chi connectivity index (χ1) is 16.9. The van der Waals surface area contributed by atoms with Crippen LogP contribution in [0.2, 0.25) is 0 Å². The molecule has 1 atom stereocenters. The lowest BCUT2D eigenvalue weighted by Gasteiger charge is -2.27. The molecule has 1 fully saturated rings. The molecule has 1 unspecified atom stereocenters. The molecular weight excluding hydrogens is 412 g/mol. The van der Waals surface area contributed by atoms with Gasteiger partial charge in [-0.2, -0.15) is 4.57 Å². The van der Waals surface area contributed by atoms with Gasteiger partial charge in [0.1, 0.15) is 11.7 Å². The molecule has 1 saturated carbocycles. The number of hydrogen-bond donors (Lipinski definition) is 0. The number of rotatable bonds is 3. The summed E-state index contributed by atoms with van der Waals surface area (Å²) in [7, 11) is 0. The molecular formula is C32H35N2+. The Morgan fingerprint density at radius 3 is 2.15 bits per heavy atom. The molecule has 2 heteroatoms. The van der Waals surface area contributed by atoms with Gasteiger partial charge in [-0.3, -0.25) is 0 Å². The van der Waals surface area contributed by atoms with Crippen LogP contribution in [0.1, 0.15) is 67.4 Å². The summed E-state index contributed by atoms with van der Waals surface area (Å²) in [6.07, 6.45) is 5.97. The highest BCUT2D eigenvalue weighted by molar-refractivity contribution is 5.74. The largest absolute Gasteiger partial charge is 0.295 e. The van der Waals surface area contributed by atoms with Crippen molar-refractivity contribution < 1.29 is 5.94 Å². The number of nitrogens with zero attached hydrogens (tertiary/aromatic N) is 2. The van der Waals surface area contributed by atoms with E-state index in [0.29, 0.717) is 5.92 Å². The third kappa shape index (κ3) is 3.11. The van der Waals surface area contributed by atoms with E-state index in [4.69, 9.17) is 0 Å². The van der Waals surface area contributed by atoms with Crippen molar-refractivity contribution in [3.8, 4) is 28.3 Å². The van der Waals surface area contributed by atoms with Gasteiger partial charge in [0.2, 0.25) is 0 Å². The van der Waals surface area contributed by atoms with Gasteiger partial charge >= 0.3 is 0 Å². The van der Waals surface area contributed by atoms with Gasteiger partial charge in [0, 0.05) is 24.0 Å². The van der Waals surface area contributed by atoms with Gasteiger partial charge < -0.3 is 0 Å². The van der Waals surface area contributed by atoms with E-state index in [9.17, 15) is 1.37 Å². The number of para-hydroxylation sites is 1. The topological polar surface area (TPSA) is 8.81 Å². The molecule has 0 saturated heterocycles. The van der Waals surface area contributed by atoms with Crippen molar-refractivity contribution in [1.29, 1.82) is 0 Å². The van der Waals surface area contributed by atoms with Crippen LogP contribution in [-0.4, -0.2) is 4.57 Å². The summed E-state index contributed by atoms with van der Waals surface area (Å²) in [5.41, 5.74) is 11.1. The van der Waals surface area contributed by atoms with Crippen LogP contribution in [0, 0.1) is 33.6 Å². The maximum atomic E-state index is 10.3. The number of benzene rings is 3. The van der Waals surface area contributed by atoms with Crippen molar-refractivity contribution >= 4 is 0 Å². The lowest BCUT2D eigenvalue weighted by molar-refractivity contribution is -0.694. The number of aryl methyl sites for hydroxylation is 3. The Labute approximate surface area is 205 Å². The fourth-order valence-electron chi connectivity index (χ4n) is 6.49. The number of imidazole rings is 1. The van der Waals surface area contributed by atoms with Crippen molar-refractivity contribution in [3.63, 3.8) is 0 Å². The molecule has 6 rings (SSSR count). The molecule has 1 aromatic heterocycles. The van der Waals surface area contributed by atoms with Crippen LogP contribution in [0.5, 0.6) is 0 Å². The average Bonchev–Trinajstić information content (AvgIpc) is 3.31. The second-order valence-corrected chi connectivity index (χ2v) is 10.2. The van der Waals surface area contributed by atoms with E-state index in [1.165, 1.54) is 69.7 Å². The summed E-state index contributed by atoms with van der Waals surface area (Å²) in [6, 6.07) is 23.2. The first-order valence-corrected chi connectivity index (χ1v) is 12.8. The third-order valence-electron chi connectivity index (χ3n) is 8.08. The maximum absolute atomic E-state index is 10.3. The lowest BCUT2D eigenvalue weighted by atomic mass is 9.81. The van der Waals surface area contributed by atoms with Crippen LogP contribution in [0.15, 0.2) is 66.7 Å². The molecule has 0 spiro atoms. The zero-order valence-corrected chi connectivity index (χ0v) is 20.9. The maximum Gasteiger partial charge on any atom is 0.295 e. The number of hydrogen-bond acceptors (Lipinski definition) is 0. The molecule has 0 radical (unpaired) electrons. The molecule has 4 aromatic rings. The second kappa shape index (κ2) is 8.27. The van der Waals surface area contributed by atoms with E-state index < -0.39 is 6.02 Å². The minimum absolute atomic E-state index is 0.304. The van der Waals surface area contributed by atoms with E-state index in [0.717, 1.165) is 18.7 Å². The smallest absolute Gasteiger partial charge is 0.215 e. The summed E-state index contributed by atoms with van der Waals surface area (Å²) in [5.74, 6) is 1.46. The van der Waals surface area contributed by atoms with E-state index in [2.05, 4.69) is 104 Å². The van der Waals surface area contributed by atoms with E-state index >= 15 is 0 Å². The first kappa shape index (κ1) is 20.3. The number of fused-ring (bicyclic) bond motifs is 3. The van der Waals surface area contributed by atoms with Gasteiger partial charge in [0.25, 0.3) is 5.82 Å². The average molecular weight is 449 g/mol. The molecule has 34 heavy (non-hydrogen) atoms. The Hall–Kier alpha value is -3.13. The Kier molecular flexibility index (Phi) is 4.93. The van der Waals surface area contributed by atoms with E-state index in [1.54, 1.807) is 0 Å². The van der Waals surface area contributed by atoms with Crippen LogP contribution in [0.4, 0.5) is 0 Å². The van der Waals surface area contributed by atoms with Gasteiger partial charge in [-0.25, -0.2) is 4.57 Å². The monoisotopic (exact) mass is 448 g/mol. The highest BCUT2D eigenvalue weighted by Crippen LogP contribution is 2.47. The van der Waals surface area contributed by atoms with Crippen LogP contribution < -0.4 is 4.57 Å². The Bertz CT molecular complexity index is 1420. The molecule has 0 bridgehead atoms. The highest BCUT2D eigenvalue weighted by Gasteiger charge is 2.46. The minimum atomic E-state index is -0.810. The molecule has 1 aliphatic carbocycles. The molecule has 172 valence electrons. The van der Waals surface area contributed by atoms with Crippen molar-refractivity contribution in [2.75, 3.05) is 0 Å². The minimum Gasteiger partial charge on any atom is -0.215 e. The van der Waals surface area contributed by atoms with Crippen molar-refractivity contribution in [1.82, 2.24) is 4.57 Å². The van der Waals surface area contributed by atoms with Crippen LogP contribution in [0.3, 0.4) is 0 Å². The van der Waals surface area contributed by atoms with Crippen LogP contribution >= 0.6 is 0 Å². The van der Waals surface area contributed by atoms with E-state index in [1.807, 2.05) is 0 Å². The number of aromatic nitrogens is 2. The first-order valence-electron chi connectivity index (χ1n) is 13.3. The molecule has 2 nitrogen and oxygen atoms in total. The molecule has 1 aliphatic heterocycles. The highest BCUT2D eigenvalue weighted by atomic mass is 15.2. The van der Waals surface area contributed by atoms with Crippen molar-refractivity contribution in [2.24, 2.45) is 5.92 Å². The molecule has 0 N–H and O–H groups in total. The second-order valence-electron chi connectivity index (χ2n) is 10.2. The van der Waals surface area contributed by atoms with Gasteiger partial charge in [-0.1, -0.05) is 79.9 Å². The Balaban J connectivity index is 1.79. The summed E-state index contributed by atoms with van der Waals surface area (Å²) < 4.78 is 15.2. The van der Waals surface area contributed by atoms with E-state index in [-0.39, 0.29) is 0 Å². The molecule has 0 amide bonds. The fraction of sp³-hybridized carbons (Fsp3) is 0.344. The SMILES string of the molecule is [2H]C1(C2CCCCC2)c2ccccc2-c2c(C)n(-c3ccccc3C)c(-c3c(C)cccc3C)[n+]21. The third-order valence-corrected chi connectivity index (χ3v) is 8.08. The van der Waals surface area contributed by atoms with Gasteiger partial charge in [-0.05, 0) is 56.4 Å². The summed E-state index contributed by atoms with van der Waals surface area (Å²) >= 11 is 0. The summed E-state index contributed by atoms with van der Waals surface area (Å²) in [4.78, 5) is 0. The summed E-state index contributed by atoms with van der Waals surface area (Å²) in [5, 5.41) is 0. The Morgan fingerprint density at radius 2 is 1.41 bits per heavy atom. The predicted molar refractivity (Wildman–Crippen MR) is 140 cm³/mol. The fourth-order valence-corrected chi connectivity index (χ4v) is 6.49. The van der Waals surface area contributed by atoms with Gasteiger partial charge in [-0.15, -0.1) is 0 Å². The zero-order chi connectivity index (χ0) is 24.3. The summed E-state index contributed by atoms with van der Waals surface area (Å²) in [6.45, 7) is 8.88. The quantitative estimate of drug-likeness (QED) is 0.283. The van der Waals surface area contributed by atoms with Gasteiger partial charge in [0.15, 0.2) is 11.4 Å².